The molecule has 66 valence electrons. The first kappa shape index (κ1) is 8.12. The van der Waals surface area contributed by atoms with E-state index in [-0.39, 0.29) is 11.7 Å². The van der Waals surface area contributed by atoms with E-state index in [4.69, 9.17) is 11.6 Å². The van der Waals surface area contributed by atoms with Crippen LogP contribution in [-0.2, 0) is 0 Å². The van der Waals surface area contributed by atoms with Crippen LogP contribution in [0.15, 0.2) is 18.3 Å². The van der Waals surface area contributed by atoms with Gasteiger partial charge in [-0.05, 0) is 22.6 Å². The number of alkyl halides is 1. The number of pyridine rings is 1. The van der Waals surface area contributed by atoms with Crippen molar-refractivity contribution in [3.8, 4) is 0 Å². The molecular formula is C7H5ClN4O. The zero-order chi connectivity index (χ0) is 9.26. The van der Waals surface area contributed by atoms with E-state index in [2.05, 4.69) is 15.5 Å². The number of hydrogen-bond donors (Lipinski definition) is 0. The second-order valence-electron chi connectivity index (χ2n) is 2.46. The minimum atomic E-state index is -0.140. The number of nitrogens with zero attached hydrogens (tertiary/aromatic N) is 4. The monoisotopic (exact) mass is 196 g/mol. The Morgan fingerprint density at radius 3 is 3.15 bits per heavy atom. The van der Waals surface area contributed by atoms with Crippen LogP contribution in [0.4, 0.5) is 0 Å². The molecule has 6 heteroatoms. The molecule has 2 heterocycles. The number of hydrogen-bond acceptors (Lipinski definition) is 4. The average molecular weight is 197 g/mol. The topological polar surface area (TPSA) is 60.2 Å². The van der Waals surface area contributed by atoms with Gasteiger partial charge in [-0.1, -0.05) is 0 Å². The molecule has 0 aromatic carbocycles. The molecule has 2 aromatic rings. The Bertz CT molecular complexity index is 452. The normalized spacial score (nSPS) is 10.5. The van der Waals surface area contributed by atoms with Crippen molar-refractivity contribution >= 4 is 23.0 Å². The number of carbonyl (C=O) groups is 1. The smallest absolute Gasteiger partial charge is 0.179 e. The van der Waals surface area contributed by atoms with E-state index in [1.807, 2.05) is 0 Å². The number of fused-ring (bicyclic) bond motifs is 1. The summed E-state index contributed by atoms with van der Waals surface area (Å²) in [6.45, 7) is 0. The number of ketones is 1. The molecule has 0 aliphatic carbocycles. The van der Waals surface area contributed by atoms with E-state index in [9.17, 15) is 4.79 Å². The third-order valence-corrected chi connectivity index (χ3v) is 1.88. The second kappa shape index (κ2) is 3.10. The highest BCUT2D eigenvalue weighted by atomic mass is 35.5. The van der Waals surface area contributed by atoms with Crippen LogP contribution in [-0.4, -0.2) is 31.7 Å². The van der Waals surface area contributed by atoms with Crippen molar-refractivity contribution < 1.29 is 4.79 Å². The molecule has 0 aliphatic rings. The van der Waals surface area contributed by atoms with Gasteiger partial charge in [-0.3, -0.25) is 4.79 Å². The van der Waals surface area contributed by atoms with Crippen molar-refractivity contribution in [1.29, 1.82) is 0 Å². The maximum absolute atomic E-state index is 11.2. The first-order chi connectivity index (χ1) is 6.31. The van der Waals surface area contributed by atoms with Gasteiger partial charge in [-0.2, -0.15) is 4.52 Å². The maximum atomic E-state index is 11.2. The van der Waals surface area contributed by atoms with E-state index in [0.717, 1.165) is 0 Å². The van der Waals surface area contributed by atoms with Crippen molar-refractivity contribution in [3.05, 3.63) is 23.9 Å². The lowest BCUT2D eigenvalue weighted by atomic mass is 10.2. The molecule has 0 N–H and O–H groups in total. The van der Waals surface area contributed by atoms with Crippen LogP contribution in [0.2, 0.25) is 0 Å². The van der Waals surface area contributed by atoms with E-state index >= 15 is 0 Å². The summed E-state index contributed by atoms with van der Waals surface area (Å²) in [6, 6.07) is 3.32. The molecule has 0 bridgehead atoms. The molecule has 0 fully saturated rings. The highest BCUT2D eigenvalue weighted by Crippen LogP contribution is 2.03. The summed E-state index contributed by atoms with van der Waals surface area (Å²) in [7, 11) is 0. The van der Waals surface area contributed by atoms with Crippen molar-refractivity contribution in [2.45, 2.75) is 0 Å². The summed E-state index contributed by atoms with van der Waals surface area (Å²) < 4.78 is 1.43. The molecule has 0 saturated carbocycles. The van der Waals surface area contributed by atoms with Gasteiger partial charge in [0.1, 0.15) is 0 Å². The average Bonchev–Trinajstić information content (AvgIpc) is 2.63. The molecule has 5 nitrogen and oxygen atoms in total. The van der Waals surface area contributed by atoms with Crippen LogP contribution in [0.5, 0.6) is 0 Å². The van der Waals surface area contributed by atoms with Crippen molar-refractivity contribution in [2.24, 2.45) is 0 Å². The van der Waals surface area contributed by atoms with Crippen molar-refractivity contribution in [3.63, 3.8) is 0 Å². The van der Waals surface area contributed by atoms with Crippen LogP contribution in [0.1, 0.15) is 10.4 Å². The van der Waals surface area contributed by atoms with Gasteiger partial charge in [0.15, 0.2) is 11.4 Å². The van der Waals surface area contributed by atoms with Gasteiger partial charge in [0.2, 0.25) is 0 Å². The number of carbonyl (C=O) groups excluding carboxylic acids is 1. The lowest BCUT2D eigenvalue weighted by molar-refractivity contribution is 0.102. The Morgan fingerprint density at radius 1 is 1.54 bits per heavy atom. The minimum Gasteiger partial charge on any atom is -0.293 e. The summed E-state index contributed by atoms with van der Waals surface area (Å²) in [5, 5.41) is 10.8. The van der Waals surface area contributed by atoms with Gasteiger partial charge in [-0.25, -0.2) is 0 Å². The summed E-state index contributed by atoms with van der Waals surface area (Å²) >= 11 is 5.40. The van der Waals surface area contributed by atoms with Gasteiger partial charge < -0.3 is 0 Å². The number of tetrazole rings is 1. The molecule has 0 spiro atoms. The summed E-state index contributed by atoms with van der Waals surface area (Å²) in [6.07, 6.45) is 1.56. The molecule has 2 aromatic heterocycles. The Hall–Kier alpha value is -1.49. The number of Topliss-reactive ketones (excluding diaryl/α,β-unsaturated/α-hetero) is 1. The molecule has 0 unspecified atom stereocenters. The third kappa shape index (κ3) is 1.38. The van der Waals surface area contributed by atoms with Gasteiger partial charge >= 0.3 is 0 Å². The summed E-state index contributed by atoms with van der Waals surface area (Å²) in [5.41, 5.74) is 1.11. The van der Waals surface area contributed by atoms with Crippen molar-refractivity contribution in [2.75, 3.05) is 5.88 Å². The SMILES string of the molecule is O=C(CCl)c1ccc2nnnn2c1. The minimum absolute atomic E-state index is 0.0341. The quantitative estimate of drug-likeness (QED) is 0.520. The van der Waals surface area contributed by atoms with E-state index in [1.54, 1.807) is 18.3 Å². The fourth-order valence-electron chi connectivity index (χ4n) is 0.983. The Labute approximate surface area is 78.3 Å². The first-order valence-electron chi connectivity index (χ1n) is 3.58. The van der Waals surface area contributed by atoms with Gasteiger partial charge in [-0.15, -0.1) is 16.7 Å². The largest absolute Gasteiger partial charge is 0.293 e. The molecule has 2 rings (SSSR count). The number of rotatable bonds is 2. The Balaban J connectivity index is 2.54. The Morgan fingerprint density at radius 2 is 2.38 bits per heavy atom. The molecule has 13 heavy (non-hydrogen) atoms. The zero-order valence-electron chi connectivity index (χ0n) is 6.51. The van der Waals surface area contributed by atoms with Gasteiger partial charge in [0, 0.05) is 11.8 Å². The predicted octanol–water partition coefficient (Wildman–Crippen LogP) is 0.546. The van der Waals surface area contributed by atoms with E-state index in [0.29, 0.717) is 11.2 Å². The lowest BCUT2D eigenvalue weighted by Crippen LogP contribution is -2.02. The highest BCUT2D eigenvalue weighted by molar-refractivity contribution is 6.30. The number of aromatic nitrogens is 4. The van der Waals surface area contributed by atoms with Crippen LogP contribution in [0.25, 0.3) is 5.65 Å². The molecule has 0 aliphatic heterocycles. The van der Waals surface area contributed by atoms with Crippen molar-refractivity contribution in [1.82, 2.24) is 20.0 Å². The summed E-state index contributed by atoms with van der Waals surface area (Å²) in [4.78, 5) is 11.2. The predicted molar refractivity (Wildman–Crippen MR) is 45.8 cm³/mol. The maximum Gasteiger partial charge on any atom is 0.179 e. The Kier molecular flexibility index (Phi) is 1.94. The lowest BCUT2D eigenvalue weighted by Gasteiger charge is -1.95. The van der Waals surface area contributed by atoms with Crippen LogP contribution < -0.4 is 0 Å². The molecule has 0 radical (unpaired) electrons. The van der Waals surface area contributed by atoms with Crippen LogP contribution in [0, 0.1) is 0 Å². The molecule has 0 saturated heterocycles. The van der Waals surface area contributed by atoms with E-state index < -0.39 is 0 Å². The van der Waals surface area contributed by atoms with Gasteiger partial charge in [0.25, 0.3) is 0 Å². The molecular weight excluding hydrogens is 192 g/mol. The number of halogens is 1. The van der Waals surface area contributed by atoms with Crippen LogP contribution in [0.3, 0.4) is 0 Å². The zero-order valence-corrected chi connectivity index (χ0v) is 7.27. The fourth-order valence-corrected chi connectivity index (χ4v) is 1.14. The first-order valence-corrected chi connectivity index (χ1v) is 4.11. The fraction of sp³-hybridized carbons (Fsp3) is 0.143. The van der Waals surface area contributed by atoms with E-state index in [1.165, 1.54) is 4.52 Å². The standard InChI is InChI=1S/C7H5ClN4O/c8-3-6(13)5-1-2-7-9-10-11-12(7)4-5/h1-2,4H,3H2. The van der Waals surface area contributed by atoms with Gasteiger partial charge in [0.05, 0.1) is 5.88 Å². The second-order valence-corrected chi connectivity index (χ2v) is 2.72. The highest BCUT2D eigenvalue weighted by Gasteiger charge is 2.05. The van der Waals surface area contributed by atoms with Crippen LogP contribution >= 0.6 is 11.6 Å². The summed E-state index contributed by atoms with van der Waals surface area (Å²) in [5.74, 6) is -0.174. The molecule has 0 atom stereocenters. The molecule has 0 amide bonds. The third-order valence-electron chi connectivity index (χ3n) is 1.63.